The van der Waals surface area contributed by atoms with Gasteiger partial charge in [0.05, 0.1) is 10.6 Å². The van der Waals surface area contributed by atoms with Crippen LogP contribution in [0.5, 0.6) is 0 Å². The van der Waals surface area contributed by atoms with E-state index in [0.29, 0.717) is 40.7 Å². The summed E-state index contributed by atoms with van der Waals surface area (Å²) in [6.07, 6.45) is 5.84. The average Bonchev–Trinajstić information content (AvgIpc) is 3.23. The molecule has 1 aromatic carbocycles. The lowest BCUT2D eigenvalue weighted by atomic mass is 9.99. The van der Waals surface area contributed by atoms with Gasteiger partial charge in [0.2, 0.25) is 5.91 Å². The molecule has 0 radical (unpaired) electrons. The van der Waals surface area contributed by atoms with Crippen LogP contribution in [0.4, 0.5) is 0 Å². The van der Waals surface area contributed by atoms with Gasteiger partial charge in [-0.15, -0.1) is 0 Å². The Morgan fingerprint density at radius 1 is 1.12 bits per heavy atom. The molecule has 2 amide bonds. The van der Waals surface area contributed by atoms with Gasteiger partial charge in [-0.3, -0.25) is 9.59 Å². The minimum absolute atomic E-state index is 0.0414. The molecule has 3 unspecified atom stereocenters. The number of benzene rings is 1. The maximum Gasteiger partial charge on any atom is 0.256 e. The number of piperidine rings is 1. The highest BCUT2D eigenvalue weighted by atomic mass is 35.5. The van der Waals surface area contributed by atoms with Crippen molar-refractivity contribution in [3.05, 3.63) is 33.8 Å². The highest BCUT2D eigenvalue weighted by molar-refractivity contribution is 6.35. The number of halogens is 2. The Bertz CT molecular complexity index is 715. The molecule has 3 heterocycles. The van der Waals surface area contributed by atoms with E-state index in [1.807, 2.05) is 0 Å². The molecule has 0 aromatic heterocycles. The zero-order valence-corrected chi connectivity index (χ0v) is 16.0. The Morgan fingerprint density at radius 3 is 2.58 bits per heavy atom. The smallest absolute Gasteiger partial charge is 0.256 e. The van der Waals surface area contributed by atoms with Crippen molar-refractivity contribution in [2.75, 3.05) is 6.54 Å². The van der Waals surface area contributed by atoms with Crippen LogP contribution < -0.4 is 10.6 Å². The van der Waals surface area contributed by atoms with Crippen molar-refractivity contribution in [2.45, 2.75) is 62.7 Å². The molecule has 4 rings (SSSR count). The molecule has 5 nitrogen and oxygen atoms in total. The van der Waals surface area contributed by atoms with Crippen LogP contribution >= 0.6 is 23.2 Å². The summed E-state index contributed by atoms with van der Waals surface area (Å²) in [4.78, 5) is 27.4. The highest BCUT2D eigenvalue weighted by Gasteiger charge is 2.38. The molecule has 0 aliphatic carbocycles. The largest absolute Gasteiger partial charge is 0.351 e. The Balaban J connectivity index is 1.45. The molecule has 2 bridgehead atoms. The van der Waals surface area contributed by atoms with Crippen molar-refractivity contribution in [1.82, 2.24) is 15.5 Å². The number of fused-ring (bicyclic) bond motifs is 2. The number of carbonyl (C=O) groups is 2. The number of nitrogens with zero attached hydrogens (tertiary/aromatic N) is 1. The van der Waals surface area contributed by atoms with E-state index < -0.39 is 6.04 Å². The van der Waals surface area contributed by atoms with E-state index in [1.165, 1.54) is 12.8 Å². The number of likely N-dealkylation sites (tertiary alicyclic amines) is 1. The Kier molecular flexibility index (Phi) is 5.13. The average molecular weight is 396 g/mol. The molecule has 3 fully saturated rings. The molecule has 3 saturated heterocycles. The molecule has 7 heteroatoms. The van der Waals surface area contributed by atoms with E-state index in [0.717, 1.165) is 19.3 Å². The van der Waals surface area contributed by atoms with Gasteiger partial charge >= 0.3 is 0 Å². The van der Waals surface area contributed by atoms with Gasteiger partial charge in [-0.25, -0.2) is 0 Å². The van der Waals surface area contributed by atoms with Gasteiger partial charge in [0.1, 0.15) is 6.04 Å². The molecule has 3 aliphatic rings. The second kappa shape index (κ2) is 7.37. The van der Waals surface area contributed by atoms with Crippen LogP contribution in [0.15, 0.2) is 18.2 Å². The van der Waals surface area contributed by atoms with E-state index in [9.17, 15) is 9.59 Å². The standard InChI is InChI=1S/C19H23Cl2N3O2/c20-11-3-6-16(21)15(8-11)19(26)24-7-1-2-17(24)18(25)23-14-9-12-4-5-13(10-14)22-12/h3,6,8,12-14,17,22H,1-2,4-5,7,9-10H2,(H,23,25). The fraction of sp³-hybridized carbons (Fsp3) is 0.579. The van der Waals surface area contributed by atoms with Crippen LogP contribution in [0, 0.1) is 0 Å². The lowest BCUT2D eigenvalue weighted by Gasteiger charge is -2.32. The Labute approximate surface area is 163 Å². The summed E-state index contributed by atoms with van der Waals surface area (Å²) < 4.78 is 0. The molecule has 140 valence electrons. The first kappa shape index (κ1) is 18.1. The van der Waals surface area contributed by atoms with Crippen molar-refractivity contribution < 1.29 is 9.59 Å². The number of hydrogen-bond donors (Lipinski definition) is 2. The predicted molar refractivity (Wildman–Crippen MR) is 102 cm³/mol. The lowest BCUT2D eigenvalue weighted by molar-refractivity contribution is -0.125. The Morgan fingerprint density at radius 2 is 1.85 bits per heavy atom. The van der Waals surface area contributed by atoms with Gasteiger partial charge in [0.15, 0.2) is 0 Å². The minimum Gasteiger partial charge on any atom is -0.351 e. The van der Waals surface area contributed by atoms with Crippen molar-refractivity contribution in [1.29, 1.82) is 0 Å². The maximum absolute atomic E-state index is 12.9. The van der Waals surface area contributed by atoms with Gasteiger partial charge in [-0.05, 0) is 56.7 Å². The first-order chi connectivity index (χ1) is 12.5. The molecule has 26 heavy (non-hydrogen) atoms. The summed E-state index contributed by atoms with van der Waals surface area (Å²) in [5, 5.41) is 7.59. The number of rotatable bonds is 3. The van der Waals surface area contributed by atoms with Crippen LogP contribution in [0.1, 0.15) is 48.9 Å². The zero-order valence-electron chi connectivity index (χ0n) is 14.5. The third-order valence-corrected chi connectivity index (χ3v) is 6.36. The molecule has 3 aliphatic heterocycles. The van der Waals surface area contributed by atoms with Crippen LogP contribution in [0.25, 0.3) is 0 Å². The summed E-state index contributed by atoms with van der Waals surface area (Å²) in [6.45, 7) is 0.567. The van der Waals surface area contributed by atoms with Crippen molar-refractivity contribution >= 4 is 35.0 Å². The van der Waals surface area contributed by atoms with Gasteiger partial charge in [-0.1, -0.05) is 23.2 Å². The number of carbonyl (C=O) groups excluding carboxylic acids is 2. The fourth-order valence-corrected chi connectivity index (χ4v) is 4.94. The van der Waals surface area contributed by atoms with E-state index in [-0.39, 0.29) is 17.9 Å². The number of nitrogens with one attached hydrogen (secondary N) is 2. The molecular weight excluding hydrogens is 373 g/mol. The Hall–Kier alpha value is -1.30. The van der Waals surface area contributed by atoms with E-state index >= 15 is 0 Å². The van der Waals surface area contributed by atoms with Crippen LogP contribution in [0.2, 0.25) is 10.0 Å². The SMILES string of the molecule is O=C(NC1CC2CCC(C1)N2)C1CCCN1C(=O)c1cc(Cl)ccc1Cl. The summed E-state index contributed by atoms with van der Waals surface area (Å²) >= 11 is 12.2. The van der Waals surface area contributed by atoms with Gasteiger partial charge in [-0.2, -0.15) is 0 Å². The third-order valence-electron chi connectivity index (χ3n) is 5.79. The van der Waals surface area contributed by atoms with Crippen molar-refractivity contribution in [2.24, 2.45) is 0 Å². The van der Waals surface area contributed by atoms with Crippen molar-refractivity contribution in [3.63, 3.8) is 0 Å². The molecule has 0 spiro atoms. The van der Waals surface area contributed by atoms with Gasteiger partial charge < -0.3 is 15.5 Å². The van der Waals surface area contributed by atoms with E-state index in [2.05, 4.69) is 10.6 Å². The fourth-order valence-electron chi connectivity index (χ4n) is 4.57. The van der Waals surface area contributed by atoms with Gasteiger partial charge in [0, 0.05) is 29.7 Å². The predicted octanol–water partition coefficient (Wildman–Crippen LogP) is 3.00. The van der Waals surface area contributed by atoms with Crippen LogP contribution in [0.3, 0.4) is 0 Å². The molecule has 3 atom stereocenters. The number of hydrogen-bond acceptors (Lipinski definition) is 3. The maximum atomic E-state index is 12.9. The lowest BCUT2D eigenvalue weighted by Crippen LogP contribution is -2.53. The van der Waals surface area contributed by atoms with Crippen LogP contribution in [-0.2, 0) is 4.79 Å². The summed E-state index contributed by atoms with van der Waals surface area (Å²) in [5.41, 5.74) is 0.360. The molecule has 2 N–H and O–H groups in total. The van der Waals surface area contributed by atoms with E-state index in [4.69, 9.17) is 23.2 Å². The quantitative estimate of drug-likeness (QED) is 0.826. The molecular formula is C19H23Cl2N3O2. The molecule has 1 aromatic rings. The number of amides is 2. The second-order valence-electron chi connectivity index (χ2n) is 7.60. The summed E-state index contributed by atoms with van der Waals surface area (Å²) in [6, 6.07) is 5.66. The van der Waals surface area contributed by atoms with Crippen molar-refractivity contribution in [3.8, 4) is 0 Å². The highest BCUT2D eigenvalue weighted by Crippen LogP contribution is 2.29. The second-order valence-corrected chi connectivity index (χ2v) is 8.44. The normalized spacial score (nSPS) is 30.5. The van der Waals surface area contributed by atoms with E-state index in [1.54, 1.807) is 23.1 Å². The zero-order chi connectivity index (χ0) is 18.3. The molecule has 0 saturated carbocycles. The summed E-state index contributed by atoms with van der Waals surface area (Å²) in [7, 11) is 0. The first-order valence-corrected chi connectivity index (χ1v) is 10.1. The topological polar surface area (TPSA) is 61.4 Å². The van der Waals surface area contributed by atoms with Gasteiger partial charge in [0.25, 0.3) is 5.91 Å². The van der Waals surface area contributed by atoms with Crippen LogP contribution in [-0.4, -0.2) is 47.4 Å². The minimum atomic E-state index is -0.426. The summed E-state index contributed by atoms with van der Waals surface area (Å²) in [5.74, 6) is -0.263. The monoisotopic (exact) mass is 395 g/mol. The first-order valence-electron chi connectivity index (χ1n) is 9.33. The third kappa shape index (κ3) is 3.57.